The Bertz CT molecular complexity index is 976. The Morgan fingerprint density at radius 2 is 2.10 bits per heavy atom. The second-order valence-electron chi connectivity index (χ2n) is 8.07. The van der Waals surface area contributed by atoms with E-state index in [2.05, 4.69) is 10.6 Å². The first kappa shape index (κ1) is 22.4. The highest BCUT2D eigenvalue weighted by Crippen LogP contribution is 2.30. The summed E-state index contributed by atoms with van der Waals surface area (Å²) in [5.41, 5.74) is 3.38. The molecule has 2 atom stereocenters. The van der Waals surface area contributed by atoms with Crippen molar-refractivity contribution in [3.05, 3.63) is 52.4 Å². The highest BCUT2D eigenvalue weighted by molar-refractivity contribution is 5.92. The molecule has 0 bridgehead atoms. The second-order valence-corrected chi connectivity index (χ2v) is 8.07. The van der Waals surface area contributed by atoms with Crippen molar-refractivity contribution in [3.63, 3.8) is 0 Å². The summed E-state index contributed by atoms with van der Waals surface area (Å²) in [5, 5.41) is 27.5. The van der Waals surface area contributed by atoms with Gasteiger partial charge in [-0.3, -0.25) is 14.9 Å². The molecule has 3 N–H and O–H groups in total. The molecule has 0 radical (unpaired) electrons. The fraction of sp³-hybridized carbons (Fsp3) is 0.435. The second kappa shape index (κ2) is 9.68. The number of fused-ring (bicyclic) bond motifs is 1. The molecule has 31 heavy (non-hydrogen) atoms. The summed E-state index contributed by atoms with van der Waals surface area (Å²) in [6, 6.07) is 8.77. The molecule has 3 rings (SSSR count). The lowest BCUT2D eigenvalue weighted by Gasteiger charge is -2.15. The van der Waals surface area contributed by atoms with Crippen molar-refractivity contribution in [1.29, 1.82) is 0 Å². The Balaban J connectivity index is 1.55. The first-order valence-electron chi connectivity index (χ1n) is 10.5. The predicted molar refractivity (Wildman–Crippen MR) is 117 cm³/mol. The molecule has 2 unspecified atom stereocenters. The van der Waals surface area contributed by atoms with Crippen molar-refractivity contribution in [1.82, 2.24) is 0 Å². The van der Waals surface area contributed by atoms with E-state index in [9.17, 15) is 14.8 Å². The lowest BCUT2D eigenvalue weighted by atomic mass is 9.91. The number of nitrogens with one attached hydrogen (secondary N) is 2. The highest BCUT2D eigenvalue weighted by atomic mass is 16.5. The number of aromatic nitrogens is 1. The lowest BCUT2D eigenvalue weighted by molar-refractivity contribution is -0.597. The third-order valence-electron chi connectivity index (χ3n) is 5.41. The first-order chi connectivity index (χ1) is 14.7. The zero-order valence-electron chi connectivity index (χ0n) is 18.1. The zero-order valence-corrected chi connectivity index (χ0v) is 18.1. The number of benzene rings is 1. The molecule has 0 saturated heterocycles. The molecule has 0 fully saturated rings. The maximum Gasteiger partial charge on any atom is 0.304 e. The van der Waals surface area contributed by atoms with E-state index in [0.717, 1.165) is 21.5 Å². The highest BCUT2D eigenvalue weighted by Gasteiger charge is 2.30. The number of Topliss-reactive ketones (excluding diaryl/α,β-unsaturated/α-hetero) is 1. The molecule has 166 valence electrons. The zero-order chi connectivity index (χ0) is 22.5. The Labute approximate surface area is 181 Å². The van der Waals surface area contributed by atoms with Crippen LogP contribution in [0, 0.1) is 25.0 Å². The number of nitrogens with zero attached hydrogens (tertiary/aromatic N) is 1. The molecular weight excluding hydrogens is 398 g/mol. The summed E-state index contributed by atoms with van der Waals surface area (Å²) >= 11 is 0. The van der Waals surface area contributed by atoms with Crippen LogP contribution in [0.15, 0.2) is 30.3 Å². The van der Waals surface area contributed by atoms with Crippen molar-refractivity contribution >= 4 is 23.3 Å². The van der Waals surface area contributed by atoms with Gasteiger partial charge in [0.1, 0.15) is 11.4 Å². The Morgan fingerprint density at radius 3 is 2.84 bits per heavy atom. The van der Waals surface area contributed by atoms with Gasteiger partial charge in [0, 0.05) is 30.2 Å². The number of anilines is 2. The van der Waals surface area contributed by atoms with Crippen LogP contribution in [-0.4, -0.2) is 36.1 Å². The molecule has 2 aromatic rings. The maximum atomic E-state index is 12.5. The fourth-order valence-corrected chi connectivity index (χ4v) is 3.86. The first-order valence-corrected chi connectivity index (χ1v) is 10.5. The number of carbonyl (C=O) groups excluding carboxylic acids is 1. The number of carboxylic acids is 1. The van der Waals surface area contributed by atoms with E-state index in [-0.39, 0.29) is 12.2 Å². The van der Waals surface area contributed by atoms with Gasteiger partial charge in [0.25, 0.3) is 5.82 Å². The molecule has 1 aliphatic heterocycles. The van der Waals surface area contributed by atoms with E-state index >= 15 is 0 Å². The smallest absolute Gasteiger partial charge is 0.304 e. The monoisotopic (exact) mass is 427 g/mol. The van der Waals surface area contributed by atoms with E-state index < -0.39 is 17.9 Å². The average Bonchev–Trinajstić information content (AvgIpc) is 2.81. The molecule has 1 aromatic carbocycles. The van der Waals surface area contributed by atoms with Crippen molar-refractivity contribution < 1.29 is 24.2 Å². The van der Waals surface area contributed by atoms with Crippen LogP contribution in [0.25, 0.3) is 0 Å². The Morgan fingerprint density at radius 1 is 1.32 bits per heavy atom. The predicted octanol–water partition coefficient (Wildman–Crippen LogP) is 2.83. The van der Waals surface area contributed by atoms with Gasteiger partial charge in [-0.25, -0.2) is 4.73 Å². The number of pyridine rings is 1. The number of ether oxygens (including phenoxy) is 1. The minimum atomic E-state index is -0.967. The van der Waals surface area contributed by atoms with Crippen LogP contribution in [0.3, 0.4) is 0 Å². The summed E-state index contributed by atoms with van der Waals surface area (Å²) in [7, 11) is 0. The van der Waals surface area contributed by atoms with Crippen molar-refractivity contribution in [2.45, 2.75) is 46.1 Å². The van der Waals surface area contributed by atoms with Crippen molar-refractivity contribution in [2.75, 3.05) is 23.8 Å². The van der Waals surface area contributed by atoms with Gasteiger partial charge in [0.15, 0.2) is 5.78 Å². The van der Waals surface area contributed by atoms with Crippen LogP contribution < -0.4 is 20.1 Å². The van der Waals surface area contributed by atoms with E-state index in [4.69, 9.17) is 9.84 Å². The van der Waals surface area contributed by atoms with Crippen LogP contribution in [0.5, 0.6) is 5.75 Å². The van der Waals surface area contributed by atoms with Gasteiger partial charge in [-0.2, -0.15) is 0 Å². The molecule has 8 heteroatoms. The van der Waals surface area contributed by atoms with E-state index in [0.29, 0.717) is 43.3 Å². The van der Waals surface area contributed by atoms with Gasteiger partial charge in [-0.1, -0.05) is 6.07 Å². The van der Waals surface area contributed by atoms with Gasteiger partial charge < -0.3 is 20.4 Å². The topological polar surface area (TPSA) is 115 Å². The summed E-state index contributed by atoms with van der Waals surface area (Å²) in [5.74, 6) is -0.387. The van der Waals surface area contributed by atoms with Crippen LogP contribution >= 0.6 is 0 Å². The molecule has 2 heterocycles. The molecule has 0 spiro atoms. The fourth-order valence-electron chi connectivity index (χ4n) is 3.86. The molecule has 0 saturated carbocycles. The number of carboxylic acid groups (broad SMARTS) is 1. The molecule has 0 aliphatic carbocycles. The number of rotatable bonds is 8. The van der Waals surface area contributed by atoms with Gasteiger partial charge >= 0.3 is 5.97 Å². The SMILES string of the molecule is Cc1cc(C)[n+]([O-])c(NCCCOc2ccc3c(c2)NC(C)C(=O)C(CC(=O)O)C3)c1. The summed E-state index contributed by atoms with van der Waals surface area (Å²) in [6.45, 7) is 6.54. The number of hydrogen-bond acceptors (Lipinski definition) is 6. The third kappa shape index (κ3) is 5.65. The Hall–Kier alpha value is -3.29. The van der Waals surface area contributed by atoms with Crippen molar-refractivity contribution in [3.8, 4) is 5.75 Å². The van der Waals surface area contributed by atoms with Crippen LogP contribution in [0.2, 0.25) is 0 Å². The third-order valence-corrected chi connectivity index (χ3v) is 5.41. The number of ketones is 1. The van der Waals surface area contributed by atoms with Crippen LogP contribution in [-0.2, 0) is 16.0 Å². The lowest BCUT2D eigenvalue weighted by Crippen LogP contribution is -2.34. The molecule has 1 aromatic heterocycles. The Kier molecular flexibility index (Phi) is 6.99. The van der Waals surface area contributed by atoms with Gasteiger partial charge in [0.2, 0.25) is 0 Å². The number of hydrogen-bond donors (Lipinski definition) is 3. The quantitative estimate of drug-likeness (QED) is 0.337. The molecule has 8 nitrogen and oxygen atoms in total. The van der Waals surface area contributed by atoms with E-state index in [1.807, 2.05) is 37.3 Å². The normalized spacial score (nSPS) is 18.0. The number of carbonyl (C=O) groups is 2. The van der Waals surface area contributed by atoms with Crippen LogP contribution in [0.1, 0.15) is 36.6 Å². The summed E-state index contributed by atoms with van der Waals surface area (Å²) < 4.78 is 6.72. The molecule has 0 amide bonds. The minimum Gasteiger partial charge on any atom is -0.710 e. The number of aryl methyl sites for hydroxylation is 2. The number of aliphatic carboxylic acids is 1. The van der Waals surface area contributed by atoms with Crippen LogP contribution in [0.4, 0.5) is 11.5 Å². The molecule has 1 aliphatic rings. The summed E-state index contributed by atoms with van der Waals surface area (Å²) in [6.07, 6.45) is 0.930. The van der Waals surface area contributed by atoms with E-state index in [1.165, 1.54) is 0 Å². The standard InChI is InChI=1S/C23H29N3O5/c1-14-9-15(2)26(30)21(10-14)24-7-4-8-31-19-6-5-17-11-18(12-22(27)28)23(29)16(3)25-20(17)13-19/h5-6,9-10,13,16,18,24-25H,4,7-8,11-12H2,1-3H3,(H,27,28). The van der Waals surface area contributed by atoms with Crippen molar-refractivity contribution in [2.24, 2.45) is 5.92 Å². The van der Waals surface area contributed by atoms with Gasteiger partial charge in [-0.15, -0.1) is 0 Å². The minimum absolute atomic E-state index is 0.0888. The molecular formula is C23H29N3O5. The van der Waals surface area contributed by atoms with Gasteiger partial charge in [-0.05, 0) is 50.5 Å². The van der Waals surface area contributed by atoms with Gasteiger partial charge in [0.05, 0.1) is 25.6 Å². The summed E-state index contributed by atoms with van der Waals surface area (Å²) in [4.78, 5) is 23.6. The average molecular weight is 428 g/mol. The largest absolute Gasteiger partial charge is 0.710 e. The maximum absolute atomic E-state index is 12.5. The van der Waals surface area contributed by atoms with E-state index in [1.54, 1.807) is 13.8 Å².